The Morgan fingerprint density at radius 2 is 1.88 bits per heavy atom. The fraction of sp³-hybridized carbons (Fsp3) is 0.375. The lowest BCUT2D eigenvalue weighted by atomic mass is 10.1. The summed E-state index contributed by atoms with van der Waals surface area (Å²) in [5.74, 6) is 1.16. The van der Waals surface area contributed by atoms with Gasteiger partial charge in [0.2, 0.25) is 5.95 Å². The number of aliphatic hydroxyl groups excluding tert-OH is 1. The third-order valence-corrected chi connectivity index (χ3v) is 5.32. The van der Waals surface area contributed by atoms with Gasteiger partial charge in [0.05, 0.1) is 22.0 Å². The van der Waals surface area contributed by atoms with Crippen LogP contribution in [-0.2, 0) is 9.84 Å². The van der Waals surface area contributed by atoms with E-state index in [2.05, 4.69) is 36.5 Å². The number of hydrogen-bond acceptors (Lipinski definition) is 7. The number of anilines is 3. The molecule has 3 N–H and O–H groups in total. The molecule has 1 atom stereocenters. The molecule has 0 spiro atoms. The quantitative estimate of drug-likeness (QED) is 0.622. The Morgan fingerprint density at radius 3 is 2.40 bits per heavy atom. The first-order chi connectivity index (χ1) is 11.7. The molecule has 7 nitrogen and oxygen atoms in total. The van der Waals surface area contributed by atoms with Crippen LogP contribution in [0.4, 0.5) is 17.5 Å². The van der Waals surface area contributed by atoms with Crippen LogP contribution in [0.2, 0.25) is 0 Å². The Balaban J connectivity index is 2.19. The smallest absolute Gasteiger partial charge is 0.229 e. The third-order valence-electron chi connectivity index (χ3n) is 3.61. The summed E-state index contributed by atoms with van der Waals surface area (Å²) < 4.78 is 23.7. The Hall–Kier alpha value is -1.71. The maximum Gasteiger partial charge on any atom is 0.229 e. The molecule has 0 aliphatic rings. The summed E-state index contributed by atoms with van der Waals surface area (Å²) in [7, 11) is -3.23. The van der Waals surface area contributed by atoms with E-state index in [1.807, 2.05) is 13.8 Å². The van der Waals surface area contributed by atoms with E-state index in [0.717, 1.165) is 6.26 Å². The topological polar surface area (TPSA) is 104 Å². The molecule has 2 aromatic rings. The van der Waals surface area contributed by atoms with Crippen LogP contribution in [0.25, 0.3) is 0 Å². The van der Waals surface area contributed by atoms with Crippen molar-refractivity contribution in [3.63, 3.8) is 0 Å². The van der Waals surface area contributed by atoms with Crippen molar-refractivity contribution in [2.45, 2.75) is 24.8 Å². The van der Waals surface area contributed by atoms with E-state index in [9.17, 15) is 13.5 Å². The zero-order valence-corrected chi connectivity index (χ0v) is 16.6. The average Bonchev–Trinajstić information content (AvgIpc) is 2.54. The van der Waals surface area contributed by atoms with Crippen LogP contribution in [0.15, 0.2) is 39.8 Å². The molecule has 0 saturated carbocycles. The van der Waals surface area contributed by atoms with Crippen molar-refractivity contribution in [1.82, 2.24) is 9.97 Å². The number of hydrogen-bond donors (Lipinski definition) is 3. The van der Waals surface area contributed by atoms with Crippen LogP contribution in [0.1, 0.15) is 13.8 Å². The molecule has 136 valence electrons. The number of aromatic nitrogens is 2. The molecule has 1 aromatic heterocycles. The highest BCUT2D eigenvalue weighted by Crippen LogP contribution is 2.24. The van der Waals surface area contributed by atoms with E-state index in [1.54, 1.807) is 18.3 Å². The predicted molar refractivity (Wildman–Crippen MR) is 102 cm³/mol. The first-order valence-electron chi connectivity index (χ1n) is 7.67. The van der Waals surface area contributed by atoms with Gasteiger partial charge in [0.25, 0.3) is 0 Å². The monoisotopic (exact) mass is 428 g/mol. The summed E-state index contributed by atoms with van der Waals surface area (Å²) in [6.07, 6.45) is 2.77. The summed E-state index contributed by atoms with van der Waals surface area (Å²) in [5.41, 5.74) is 0.670. The summed E-state index contributed by atoms with van der Waals surface area (Å²) >= 11 is 3.39. The lowest BCUT2D eigenvalue weighted by molar-refractivity contribution is 0.249. The summed E-state index contributed by atoms with van der Waals surface area (Å²) in [4.78, 5) is 8.84. The van der Waals surface area contributed by atoms with Gasteiger partial charge in [-0.1, -0.05) is 13.8 Å². The number of sulfone groups is 1. The SMILES string of the molecule is CC(C)[C@H](CO)Nc1nc(Nc2ccc(S(C)(=O)=O)cc2)ncc1Br. The molecule has 0 saturated heterocycles. The number of benzene rings is 1. The Morgan fingerprint density at radius 1 is 1.24 bits per heavy atom. The minimum atomic E-state index is -3.23. The van der Waals surface area contributed by atoms with Crippen molar-refractivity contribution in [3.05, 3.63) is 34.9 Å². The minimum Gasteiger partial charge on any atom is -0.394 e. The van der Waals surface area contributed by atoms with Crippen molar-refractivity contribution >= 4 is 43.2 Å². The molecule has 1 aromatic carbocycles. The Labute approximate surface area is 156 Å². The lowest BCUT2D eigenvalue weighted by Crippen LogP contribution is -2.30. The van der Waals surface area contributed by atoms with Gasteiger partial charge in [-0.05, 0) is 46.1 Å². The molecule has 2 rings (SSSR count). The van der Waals surface area contributed by atoms with Crippen LogP contribution in [0.3, 0.4) is 0 Å². The Kier molecular flexibility index (Phi) is 6.36. The van der Waals surface area contributed by atoms with E-state index in [-0.39, 0.29) is 23.5 Å². The zero-order chi connectivity index (χ0) is 18.6. The molecule has 0 radical (unpaired) electrons. The molecule has 0 aliphatic heterocycles. The van der Waals surface area contributed by atoms with Gasteiger partial charge in [-0.2, -0.15) is 4.98 Å². The molecular weight excluding hydrogens is 408 g/mol. The van der Waals surface area contributed by atoms with E-state index in [1.165, 1.54) is 12.1 Å². The average molecular weight is 429 g/mol. The van der Waals surface area contributed by atoms with Gasteiger partial charge in [0.15, 0.2) is 9.84 Å². The van der Waals surface area contributed by atoms with Gasteiger partial charge < -0.3 is 15.7 Å². The maximum absolute atomic E-state index is 11.5. The van der Waals surface area contributed by atoms with Gasteiger partial charge in [-0.25, -0.2) is 13.4 Å². The normalized spacial score (nSPS) is 12.9. The van der Waals surface area contributed by atoms with Crippen molar-refractivity contribution in [3.8, 4) is 0 Å². The molecule has 0 fully saturated rings. The highest BCUT2D eigenvalue weighted by Gasteiger charge is 2.15. The minimum absolute atomic E-state index is 0.0101. The maximum atomic E-state index is 11.5. The first-order valence-corrected chi connectivity index (χ1v) is 10.4. The Bertz CT molecular complexity index is 826. The standard InChI is InChI=1S/C16H21BrN4O3S/c1-10(2)14(9-22)20-15-13(17)8-18-16(21-15)19-11-4-6-12(7-5-11)25(3,23)24/h4-8,10,14,22H,9H2,1-3H3,(H2,18,19,20,21)/t14-/m0/s1. The molecule has 25 heavy (non-hydrogen) atoms. The number of halogens is 1. The van der Waals surface area contributed by atoms with E-state index >= 15 is 0 Å². The number of nitrogens with zero attached hydrogens (tertiary/aromatic N) is 2. The largest absolute Gasteiger partial charge is 0.394 e. The lowest BCUT2D eigenvalue weighted by Gasteiger charge is -2.21. The molecular formula is C16H21BrN4O3S. The number of aliphatic hydroxyl groups is 1. The van der Waals surface area contributed by atoms with Crippen molar-refractivity contribution in [2.75, 3.05) is 23.5 Å². The van der Waals surface area contributed by atoms with Crippen molar-refractivity contribution in [2.24, 2.45) is 5.92 Å². The second-order valence-corrected chi connectivity index (χ2v) is 8.86. The fourth-order valence-electron chi connectivity index (χ4n) is 2.04. The van der Waals surface area contributed by atoms with Crippen molar-refractivity contribution in [1.29, 1.82) is 0 Å². The molecule has 9 heteroatoms. The van der Waals surface area contributed by atoms with Crippen LogP contribution in [0.5, 0.6) is 0 Å². The molecule has 1 heterocycles. The zero-order valence-electron chi connectivity index (χ0n) is 14.2. The number of nitrogens with one attached hydrogen (secondary N) is 2. The summed E-state index contributed by atoms with van der Waals surface area (Å²) in [5, 5.41) is 15.7. The van der Waals surface area contributed by atoms with Crippen LogP contribution in [-0.4, -0.2) is 42.4 Å². The van der Waals surface area contributed by atoms with E-state index in [0.29, 0.717) is 21.9 Å². The first kappa shape index (κ1) is 19.6. The predicted octanol–water partition coefficient (Wildman–Crippen LogP) is 2.82. The molecule has 0 bridgehead atoms. The van der Waals surface area contributed by atoms with Crippen molar-refractivity contribution < 1.29 is 13.5 Å². The van der Waals surface area contributed by atoms with Crippen LogP contribution < -0.4 is 10.6 Å². The van der Waals surface area contributed by atoms with Crippen LogP contribution >= 0.6 is 15.9 Å². The summed E-state index contributed by atoms with van der Waals surface area (Å²) in [6, 6.07) is 6.22. The molecule has 0 amide bonds. The van der Waals surface area contributed by atoms with Gasteiger partial charge in [0.1, 0.15) is 5.82 Å². The molecule has 0 unspecified atom stereocenters. The van der Waals surface area contributed by atoms with E-state index in [4.69, 9.17) is 0 Å². The highest BCUT2D eigenvalue weighted by atomic mass is 79.9. The molecule has 0 aliphatic carbocycles. The summed E-state index contributed by atoms with van der Waals surface area (Å²) in [6.45, 7) is 4.00. The second kappa shape index (κ2) is 8.11. The number of rotatable bonds is 7. The fourth-order valence-corrected chi connectivity index (χ4v) is 2.98. The van der Waals surface area contributed by atoms with Gasteiger partial charge in [-0.15, -0.1) is 0 Å². The van der Waals surface area contributed by atoms with Gasteiger partial charge >= 0.3 is 0 Å². The van der Waals surface area contributed by atoms with E-state index < -0.39 is 9.84 Å². The van der Waals surface area contributed by atoms with Crippen LogP contribution in [0, 0.1) is 5.92 Å². The van der Waals surface area contributed by atoms with Gasteiger partial charge in [-0.3, -0.25) is 0 Å². The third kappa shape index (κ3) is 5.38. The highest BCUT2D eigenvalue weighted by molar-refractivity contribution is 9.10. The second-order valence-electron chi connectivity index (χ2n) is 5.99. The van der Waals surface area contributed by atoms with Gasteiger partial charge in [0, 0.05) is 18.1 Å².